The summed E-state index contributed by atoms with van der Waals surface area (Å²) in [5.41, 5.74) is -0.0396. The number of carbonyl (C=O) groups excluding carboxylic acids is 1. The van der Waals surface area contributed by atoms with Gasteiger partial charge in [0, 0.05) is 25.4 Å². The van der Waals surface area contributed by atoms with Crippen molar-refractivity contribution < 1.29 is 17.9 Å². The number of aromatic nitrogens is 1. The molecule has 0 radical (unpaired) electrons. The van der Waals surface area contributed by atoms with Crippen molar-refractivity contribution in [3.8, 4) is 5.75 Å². The van der Waals surface area contributed by atoms with Crippen molar-refractivity contribution in [1.82, 2.24) is 9.88 Å². The third kappa shape index (κ3) is 4.91. The van der Waals surface area contributed by atoms with Gasteiger partial charge in [-0.05, 0) is 30.7 Å². The number of aryl methyl sites for hydroxylation is 1. The van der Waals surface area contributed by atoms with Gasteiger partial charge in [0.05, 0.1) is 17.6 Å². The van der Waals surface area contributed by atoms with E-state index in [0.29, 0.717) is 19.5 Å². The second-order valence-corrected chi connectivity index (χ2v) is 6.81. The number of nitrogens with one attached hydrogen (secondary N) is 1. The van der Waals surface area contributed by atoms with E-state index in [9.17, 15) is 18.0 Å². The lowest BCUT2D eigenvalue weighted by molar-refractivity contribution is 0.0949. The van der Waals surface area contributed by atoms with Gasteiger partial charge in [0.15, 0.2) is 0 Å². The Morgan fingerprint density at radius 1 is 1.28 bits per heavy atom. The van der Waals surface area contributed by atoms with E-state index in [1.807, 2.05) is 0 Å². The van der Waals surface area contributed by atoms with E-state index in [1.165, 1.54) is 35.9 Å². The summed E-state index contributed by atoms with van der Waals surface area (Å²) in [5, 5.41) is 7.76. The third-order valence-electron chi connectivity index (χ3n) is 3.50. The minimum Gasteiger partial charge on any atom is -0.496 e. The Balaban J connectivity index is 2.03. The molecule has 0 unspecified atom stereocenters. The van der Waals surface area contributed by atoms with Gasteiger partial charge in [-0.1, -0.05) is 6.07 Å². The number of primary sulfonamides is 1. The van der Waals surface area contributed by atoms with Gasteiger partial charge in [-0.3, -0.25) is 9.59 Å². The van der Waals surface area contributed by atoms with Crippen molar-refractivity contribution in [3.63, 3.8) is 0 Å². The summed E-state index contributed by atoms with van der Waals surface area (Å²) in [6.07, 6.45) is 2.20. The Hall–Kier alpha value is -2.65. The first-order chi connectivity index (χ1) is 11.8. The maximum atomic E-state index is 12.3. The largest absolute Gasteiger partial charge is 0.496 e. The molecule has 1 aromatic heterocycles. The molecule has 0 aliphatic carbocycles. The van der Waals surface area contributed by atoms with E-state index >= 15 is 0 Å². The average molecular weight is 365 g/mol. The maximum absolute atomic E-state index is 12.3. The van der Waals surface area contributed by atoms with Crippen LogP contribution >= 0.6 is 0 Å². The minimum absolute atomic E-state index is 0.0749. The number of methoxy groups -OCH3 is 1. The molecule has 0 saturated carbocycles. The standard InChI is InChI=1S/C16H19N3O5S/c1-24-14-7-6-12(25(17,22)23)11-13(14)16(21)18-8-4-10-19-9-3-2-5-15(19)20/h2-3,5-7,9,11H,4,8,10H2,1H3,(H,18,21)(H2,17,22,23). The van der Waals surface area contributed by atoms with E-state index in [0.717, 1.165) is 0 Å². The predicted octanol–water partition coefficient (Wildman–Crippen LogP) is 0.324. The number of pyridine rings is 1. The van der Waals surface area contributed by atoms with Crippen LogP contribution in [0.3, 0.4) is 0 Å². The summed E-state index contributed by atoms with van der Waals surface area (Å²) in [4.78, 5) is 23.7. The molecule has 2 rings (SSSR count). The number of hydrogen-bond donors (Lipinski definition) is 2. The molecule has 0 aliphatic heterocycles. The smallest absolute Gasteiger partial charge is 0.255 e. The van der Waals surface area contributed by atoms with Gasteiger partial charge < -0.3 is 14.6 Å². The van der Waals surface area contributed by atoms with E-state index in [2.05, 4.69) is 5.32 Å². The number of amides is 1. The van der Waals surface area contributed by atoms with Crippen LogP contribution in [0.1, 0.15) is 16.8 Å². The lowest BCUT2D eigenvalue weighted by Gasteiger charge is -2.11. The Morgan fingerprint density at radius 2 is 2.04 bits per heavy atom. The lowest BCUT2D eigenvalue weighted by atomic mass is 10.2. The molecule has 0 atom stereocenters. The molecule has 2 aromatic rings. The van der Waals surface area contributed by atoms with Crippen molar-refractivity contribution in [3.05, 3.63) is 58.5 Å². The fraction of sp³-hybridized carbons (Fsp3) is 0.250. The van der Waals surface area contributed by atoms with Crippen LogP contribution in [-0.4, -0.2) is 32.5 Å². The second kappa shape index (κ2) is 7.95. The topological polar surface area (TPSA) is 120 Å². The fourth-order valence-corrected chi connectivity index (χ4v) is 2.77. The average Bonchev–Trinajstić information content (AvgIpc) is 2.58. The number of nitrogens with two attached hydrogens (primary N) is 1. The maximum Gasteiger partial charge on any atom is 0.255 e. The first-order valence-corrected chi connectivity index (χ1v) is 9.02. The first kappa shape index (κ1) is 18.7. The molecule has 134 valence electrons. The molecule has 0 aliphatic rings. The zero-order chi connectivity index (χ0) is 18.4. The van der Waals surface area contributed by atoms with Crippen molar-refractivity contribution in [2.45, 2.75) is 17.9 Å². The zero-order valence-corrected chi connectivity index (χ0v) is 14.5. The van der Waals surface area contributed by atoms with E-state index in [-0.39, 0.29) is 21.8 Å². The molecule has 3 N–H and O–H groups in total. The summed E-state index contributed by atoms with van der Waals surface area (Å²) < 4.78 is 29.5. The molecule has 0 bridgehead atoms. The second-order valence-electron chi connectivity index (χ2n) is 5.25. The highest BCUT2D eigenvalue weighted by molar-refractivity contribution is 7.89. The van der Waals surface area contributed by atoms with Crippen LogP contribution in [0.15, 0.2) is 52.3 Å². The Labute approximate surface area is 145 Å². The number of rotatable bonds is 7. The Bertz CT molecular complexity index is 921. The van der Waals surface area contributed by atoms with E-state index < -0.39 is 15.9 Å². The zero-order valence-electron chi connectivity index (χ0n) is 13.6. The van der Waals surface area contributed by atoms with Gasteiger partial charge in [-0.2, -0.15) is 0 Å². The van der Waals surface area contributed by atoms with Gasteiger partial charge in [-0.25, -0.2) is 13.6 Å². The summed E-state index contributed by atoms with van der Waals surface area (Å²) >= 11 is 0. The van der Waals surface area contributed by atoms with Crippen LogP contribution in [0.4, 0.5) is 0 Å². The Morgan fingerprint density at radius 3 is 2.68 bits per heavy atom. The molecule has 0 spiro atoms. The molecule has 1 heterocycles. The molecular weight excluding hydrogens is 346 g/mol. The van der Waals surface area contributed by atoms with Crippen LogP contribution in [0.2, 0.25) is 0 Å². The molecule has 9 heteroatoms. The molecule has 25 heavy (non-hydrogen) atoms. The molecule has 1 amide bonds. The number of benzene rings is 1. The molecule has 0 saturated heterocycles. The molecule has 1 aromatic carbocycles. The van der Waals surface area contributed by atoms with Crippen LogP contribution in [0.25, 0.3) is 0 Å². The Kier molecular flexibility index (Phi) is 5.94. The number of carbonyl (C=O) groups is 1. The number of sulfonamides is 1. The number of hydrogen-bond acceptors (Lipinski definition) is 5. The summed E-state index contributed by atoms with van der Waals surface area (Å²) in [6.45, 7) is 0.761. The predicted molar refractivity (Wildman–Crippen MR) is 92.0 cm³/mol. The van der Waals surface area contributed by atoms with Crippen LogP contribution in [0.5, 0.6) is 5.75 Å². The van der Waals surface area contributed by atoms with Crippen molar-refractivity contribution >= 4 is 15.9 Å². The van der Waals surface area contributed by atoms with E-state index in [4.69, 9.17) is 9.88 Å². The van der Waals surface area contributed by atoms with Crippen molar-refractivity contribution in [1.29, 1.82) is 0 Å². The van der Waals surface area contributed by atoms with Crippen LogP contribution < -0.4 is 20.8 Å². The normalized spacial score (nSPS) is 11.1. The van der Waals surface area contributed by atoms with Crippen LogP contribution in [0, 0.1) is 0 Å². The van der Waals surface area contributed by atoms with Gasteiger partial charge in [0.1, 0.15) is 5.75 Å². The van der Waals surface area contributed by atoms with Gasteiger partial charge >= 0.3 is 0 Å². The highest BCUT2D eigenvalue weighted by Crippen LogP contribution is 2.21. The summed E-state index contributed by atoms with van der Waals surface area (Å²) in [6, 6.07) is 8.69. The van der Waals surface area contributed by atoms with Gasteiger partial charge in [0.25, 0.3) is 5.91 Å². The van der Waals surface area contributed by atoms with Crippen molar-refractivity contribution in [2.75, 3.05) is 13.7 Å². The monoisotopic (exact) mass is 365 g/mol. The highest BCUT2D eigenvalue weighted by Gasteiger charge is 2.17. The number of ether oxygens (including phenoxy) is 1. The molecular formula is C16H19N3O5S. The highest BCUT2D eigenvalue weighted by atomic mass is 32.2. The SMILES string of the molecule is COc1ccc(S(N)(=O)=O)cc1C(=O)NCCCn1ccccc1=O. The van der Waals surface area contributed by atoms with Gasteiger partial charge in [0.2, 0.25) is 15.6 Å². The van der Waals surface area contributed by atoms with E-state index in [1.54, 1.807) is 18.3 Å². The summed E-state index contributed by atoms with van der Waals surface area (Å²) in [5.74, 6) is -0.244. The summed E-state index contributed by atoms with van der Waals surface area (Å²) in [7, 11) is -2.54. The quantitative estimate of drug-likeness (QED) is 0.685. The third-order valence-corrected chi connectivity index (χ3v) is 4.42. The lowest BCUT2D eigenvalue weighted by Crippen LogP contribution is -2.27. The molecule has 8 nitrogen and oxygen atoms in total. The van der Waals surface area contributed by atoms with Gasteiger partial charge in [-0.15, -0.1) is 0 Å². The first-order valence-electron chi connectivity index (χ1n) is 7.47. The van der Waals surface area contributed by atoms with Crippen molar-refractivity contribution in [2.24, 2.45) is 5.14 Å². The molecule has 0 fully saturated rings. The minimum atomic E-state index is -3.92. The number of nitrogens with zero attached hydrogens (tertiary/aromatic N) is 1. The van der Waals surface area contributed by atoms with Crippen LogP contribution in [-0.2, 0) is 16.6 Å². The fourth-order valence-electron chi connectivity index (χ4n) is 2.23.